The lowest BCUT2D eigenvalue weighted by Crippen LogP contribution is -2.33. The third-order valence-corrected chi connectivity index (χ3v) is 5.09. The second-order valence-electron chi connectivity index (χ2n) is 5.91. The lowest BCUT2D eigenvalue weighted by Gasteiger charge is -2.17. The van der Waals surface area contributed by atoms with Gasteiger partial charge >= 0.3 is 0 Å². The number of nitrogen functional groups attached to an aromatic ring is 1. The molecule has 0 unspecified atom stereocenters. The van der Waals surface area contributed by atoms with Crippen molar-refractivity contribution in [2.24, 2.45) is 5.14 Å². The summed E-state index contributed by atoms with van der Waals surface area (Å²) >= 11 is 0. The Balaban J connectivity index is 1.79. The zero-order valence-corrected chi connectivity index (χ0v) is 14.3. The number of aromatic nitrogens is 2. The van der Waals surface area contributed by atoms with Crippen LogP contribution >= 0.6 is 0 Å². The number of nitrogens with two attached hydrogens (primary N) is 2. The summed E-state index contributed by atoms with van der Waals surface area (Å²) in [6.45, 7) is -0.446. The van der Waals surface area contributed by atoms with Crippen LogP contribution in [-0.4, -0.2) is 58.2 Å². The van der Waals surface area contributed by atoms with Crippen LogP contribution in [0, 0.1) is 6.42 Å². The van der Waals surface area contributed by atoms with Crippen molar-refractivity contribution in [3.63, 3.8) is 0 Å². The number of hydrogen-bond donors (Lipinski definition) is 5. The van der Waals surface area contributed by atoms with Crippen LogP contribution in [-0.2, 0) is 14.8 Å². The summed E-state index contributed by atoms with van der Waals surface area (Å²) in [7, 11) is -3.77. The van der Waals surface area contributed by atoms with Crippen LogP contribution < -0.4 is 10.9 Å². The van der Waals surface area contributed by atoms with E-state index in [1.54, 1.807) is 18.6 Å². The largest absolute Gasteiger partial charge is 0.394 e. The fourth-order valence-electron chi connectivity index (χ4n) is 2.72. The lowest BCUT2D eigenvalue weighted by molar-refractivity contribution is -0.0518. The number of benzene rings is 1. The van der Waals surface area contributed by atoms with E-state index in [2.05, 4.69) is 4.98 Å². The van der Waals surface area contributed by atoms with Crippen molar-refractivity contribution in [2.75, 3.05) is 12.3 Å². The van der Waals surface area contributed by atoms with Crippen molar-refractivity contribution in [3.8, 4) is 0 Å². The Morgan fingerprint density at radius 3 is 2.42 bits per heavy atom. The molecule has 0 aliphatic carbocycles. The number of nitrogens with zero attached hydrogens (tertiary/aromatic N) is 2. The Hall–Kier alpha value is -2.02. The number of rotatable bonds is 5. The average Bonchev–Trinajstić information content (AvgIpc) is 3.08. The van der Waals surface area contributed by atoms with Gasteiger partial charge in [-0.1, -0.05) is 12.1 Å². The van der Waals surface area contributed by atoms with Gasteiger partial charge in [0.25, 0.3) is 0 Å². The normalized spacial score (nSPS) is 26.3. The molecule has 141 valence electrons. The molecule has 1 aliphatic heterocycles. The summed E-state index contributed by atoms with van der Waals surface area (Å²) < 4.78 is 29.3. The highest BCUT2D eigenvalue weighted by molar-refractivity contribution is 7.89. The van der Waals surface area contributed by atoms with Crippen LogP contribution in [0.1, 0.15) is 17.5 Å². The summed E-state index contributed by atoms with van der Waals surface area (Å²) in [5.74, 6) is 0.176. The van der Waals surface area contributed by atoms with E-state index in [1.807, 2.05) is 0 Å². The average molecular weight is 383 g/mol. The fraction of sp³-hybridized carbons (Fsp3) is 0.333. The molecule has 1 saturated heterocycles. The molecule has 0 spiro atoms. The Morgan fingerprint density at radius 1 is 1.23 bits per heavy atom. The molecule has 10 nitrogen and oxygen atoms in total. The van der Waals surface area contributed by atoms with Gasteiger partial charge in [0, 0.05) is 6.42 Å². The second-order valence-corrected chi connectivity index (χ2v) is 7.47. The van der Waals surface area contributed by atoms with Crippen LogP contribution in [0.25, 0.3) is 0 Å². The smallest absolute Gasteiger partial charge is 0.238 e. The van der Waals surface area contributed by atoms with E-state index in [0.29, 0.717) is 11.3 Å². The van der Waals surface area contributed by atoms with Crippen molar-refractivity contribution in [2.45, 2.75) is 29.4 Å². The van der Waals surface area contributed by atoms with E-state index < -0.39 is 41.2 Å². The van der Waals surface area contributed by atoms with Gasteiger partial charge in [-0.15, -0.1) is 0 Å². The first-order valence-corrected chi connectivity index (χ1v) is 9.19. The van der Waals surface area contributed by atoms with Crippen molar-refractivity contribution in [1.29, 1.82) is 0 Å². The van der Waals surface area contributed by atoms with Crippen LogP contribution in [0.3, 0.4) is 0 Å². The van der Waals surface area contributed by atoms with E-state index in [0.717, 1.165) is 0 Å². The van der Waals surface area contributed by atoms with Gasteiger partial charge in [0.1, 0.15) is 24.1 Å². The standard InChI is InChI=1S/C15H19N4O6S/c16-14-10(5-8-1-3-9(4-2-8)26(17,23)24)18-7-19(14)15-13(22)12(21)11(6-20)25-15/h1-5,7,11-13,15,20-22H,6,16H2,(H2,17,23,24)/t11-,12-,13-,15-/m1/s1. The molecule has 2 aromatic rings. The number of primary sulfonamides is 1. The maximum absolute atomic E-state index is 11.3. The number of ether oxygens (including phenoxy) is 1. The van der Waals surface area contributed by atoms with Crippen molar-refractivity contribution >= 4 is 15.8 Å². The summed E-state index contributed by atoms with van der Waals surface area (Å²) in [5.41, 5.74) is 7.04. The summed E-state index contributed by atoms with van der Waals surface area (Å²) in [5, 5.41) is 34.1. The Morgan fingerprint density at radius 2 is 1.88 bits per heavy atom. The Kier molecular flexibility index (Phi) is 5.01. The molecular formula is C15H19N4O6S. The minimum atomic E-state index is -3.77. The molecule has 0 saturated carbocycles. The molecular weight excluding hydrogens is 364 g/mol. The second kappa shape index (κ2) is 6.95. The third-order valence-electron chi connectivity index (χ3n) is 4.17. The van der Waals surface area contributed by atoms with Crippen molar-refractivity contribution in [3.05, 3.63) is 48.3 Å². The highest BCUT2D eigenvalue weighted by atomic mass is 32.2. The predicted octanol–water partition coefficient (Wildman–Crippen LogP) is -1.68. The predicted molar refractivity (Wildman–Crippen MR) is 90.0 cm³/mol. The monoisotopic (exact) mass is 383 g/mol. The van der Waals surface area contributed by atoms with Crippen LogP contribution in [0.15, 0.2) is 35.5 Å². The summed E-state index contributed by atoms with van der Waals surface area (Å²) in [6, 6.07) is 5.82. The molecule has 7 N–H and O–H groups in total. The van der Waals surface area contributed by atoms with Gasteiger partial charge in [0.05, 0.1) is 23.5 Å². The number of imidazole rings is 1. The molecule has 1 aliphatic rings. The first kappa shape index (κ1) is 18.8. The topological polar surface area (TPSA) is 174 Å². The van der Waals surface area contributed by atoms with E-state index in [-0.39, 0.29) is 10.7 Å². The zero-order valence-electron chi connectivity index (χ0n) is 13.5. The van der Waals surface area contributed by atoms with Gasteiger partial charge in [-0.2, -0.15) is 0 Å². The number of anilines is 1. The van der Waals surface area contributed by atoms with Gasteiger partial charge in [0.15, 0.2) is 6.23 Å². The minimum Gasteiger partial charge on any atom is -0.394 e. The highest BCUT2D eigenvalue weighted by Crippen LogP contribution is 2.32. The zero-order chi connectivity index (χ0) is 19.1. The third kappa shape index (κ3) is 3.45. The number of aliphatic hydroxyl groups is 3. The summed E-state index contributed by atoms with van der Waals surface area (Å²) in [6.07, 6.45) is -1.47. The number of aliphatic hydroxyl groups excluding tert-OH is 3. The molecule has 2 heterocycles. The van der Waals surface area contributed by atoms with Gasteiger partial charge in [-0.25, -0.2) is 18.5 Å². The van der Waals surface area contributed by atoms with Crippen LogP contribution in [0.4, 0.5) is 5.82 Å². The molecule has 0 bridgehead atoms. The maximum Gasteiger partial charge on any atom is 0.238 e. The first-order valence-electron chi connectivity index (χ1n) is 7.64. The van der Waals surface area contributed by atoms with Crippen molar-refractivity contribution < 1.29 is 28.5 Å². The number of sulfonamides is 1. The first-order chi connectivity index (χ1) is 12.2. The van der Waals surface area contributed by atoms with Crippen LogP contribution in [0.5, 0.6) is 0 Å². The highest BCUT2D eigenvalue weighted by Gasteiger charge is 2.44. The van der Waals surface area contributed by atoms with Crippen LogP contribution in [0.2, 0.25) is 0 Å². The van der Waals surface area contributed by atoms with E-state index in [9.17, 15) is 18.6 Å². The van der Waals surface area contributed by atoms with Gasteiger partial charge in [-0.05, 0) is 17.7 Å². The molecule has 1 fully saturated rings. The minimum absolute atomic E-state index is 0.0142. The molecule has 4 atom stereocenters. The molecule has 11 heteroatoms. The van der Waals surface area contributed by atoms with Crippen molar-refractivity contribution in [1.82, 2.24) is 9.55 Å². The Labute approximate surface area is 149 Å². The van der Waals surface area contributed by atoms with E-state index in [4.69, 9.17) is 20.7 Å². The maximum atomic E-state index is 11.3. The number of hydrogen-bond acceptors (Lipinski definition) is 8. The fourth-order valence-corrected chi connectivity index (χ4v) is 3.24. The van der Waals surface area contributed by atoms with E-state index in [1.165, 1.54) is 23.0 Å². The van der Waals surface area contributed by atoms with Gasteiger partial charge in [-0.3, -0.25) is 4.57 Å². The molecule has 3 rings (SSSR count). The summed E-state index contributed by atoms with van der Waals surface area (Å²) in [4.78, 5) is 4.13. The quantitative estimate of drug-likeness (QED) is 0.407. The SMILES string of the molecule is Nc1c([CH]c2ccc(S(N)(=O)=O)cc2)ncn1[C@@H]1O[C@H](CO)[C@@H](O)[C@H]1O. The molecule has 1 aromatic carbocycles. The molecule has 1 radical (unpaired) electrons. The Bertz CT molecular complexity index is 882. The molecule has 1 aromatic heterocycles. The van der Waals surface area contributed by atoms with Gasteiger partial charge in [0.2, 0.25) is 10.0 Å². The lowest BCUT2D eigenvalue weighted by atomic mass is 10.1. The van der Waals surface area contributed by atoms with Gasteiger partial charge < -0.3 is 25.8 Å². The van der Waals surface area contributed by atoms with E-state index >= 15 is 0 Å². The molecule has 0 amide bonds. The molecule has 26 heavy (non-hydrogen) atoms.